The van der Waals surface area contributed by atoms with Gasteiger partial charge in [-0.15, -0.1) is 0 Å². The van der Waals surface area contributed by atoms with Crippen LogP contribution in [0.4, 0.5) is 0 Å². The summed E-state index contributed by atoms with van der Waals surface area (Å²) in [7, 11) is 0. The van der Waals surface area contributed by atoms with Crippen molar-refractivity contribution in [3.8, 4) is 0 Å². The van der Waals surface area contributed by atoms with Crippen LogP contribution in [0.3, 0.4) is 0 Å². The highest BCUT2D eigenvalue weighted by atomic mass is 16.2. The first kappa shape index (κ1) is 9.97. The molecule has 0 aromatic carbocycles. The fourth-order valence-electron chi connectivity index (χ4n) is 2.38. The van der Waals surface area contributed by atoms with Crippen LogP contribution >= 0.6 is 0 Å². The summed E-state index contributed by atoms with van der Waals surface area (Å²) in [5.74, 6) is 1.13. The van der Waals surface area contributed by atoms with Gasteiger partial charge in [-0.25, -0.2) is 0 Å². The lowest BCUT2D eigenvalue weighted by Gasteiger charge is -2.09. The van der Waals surface area contributed by atoms with Gasteiger partial charge >= 0.3 is 0 Å². The van der Waals surface area contributed by atoms with Gasteiger partial charge in [-0.1, -0.05) is 13.8 Å². The third kappa shape index (κ3) is 1.78. The molecule has 2 unspecified atom stereocenters. The number of hydrogen-bond acceptors (Lipinski definition) is 2. The van der Waals surface area contributed by atoms with Crippen molar-refractivity contribution in [3.63, 3.8) is 0 Å². The first-order valence-electron chi connectivity index (χ1n) is 5.62. The second-order valence-electron chi connectivity index (χ2n) is 5.18. The van der Waals surface area contributed by atoms with Crippen molar-refractivity contribution in [1.29, 1.82) is 0 Å². The Morgan fingerprint density at radius 3 is 3.00 bits per heavy atom. The predicted octanol–water partition coefficient (Wildman–Crippen LogP) is 0.758. The number of nitrogens with one attached hydrogen (secondary N) is 2. The van der Waals surface area contributed by atoms with E-state index in [0.29, 0.717) is 17.3 Å². The Bertz CT molecular complexity index is 231. The normalized spacial score (nSPS) is 35.2. The molecule has 1 aliphatic heterocycles. The molecular weight excluding hydrogens is 176 g/mol. The highest BCUT2D eigenvalue weighted by Crippen LogP contribution is 2.56. The molecule has 0 bridgehead atoms. The van der Waals surface area contributed by atoms with E-state index < -0.39 is 0 Å². The quantitative estimate of drug-likeness (QED) is 0.699. The van der Waals surface area contributed by atoms with E-state index in [0.717, 1.165) is 26.1 Å². The van der Waals surface area contributed by atoms with Gasteiger partial charge in [0.05, 0.1) is 0 Å². The van der Waals surface area contributed by atoms with Crippen molar-refractivity contribution in [3.05, 3.63) is 0 Å². The van der Waals surface area contributed by atoms with Gasteiger partial charge in [0.25, 0.3) is 0 Å². The van der Waals surface area contributed by atoms with Crippen molar-refractivity contribution < 1.29 is 4.79 Å². The van der Waals surface area contributed by atoms with E-state index in [9.17, 15) is 4.79 Å². The van der Waals surface area contributed by atoms with E-state index >= 15 is 0 Å². The average molecular weight is 196 g/mol. The molecule has 1 amide bonds. The third-order valence-corrected chi connectivity index (χ3v) is 3.47. The van der Waals surface area contributed by atoms with E-state index in [-0.39, 0.29) is 5.91 Å². The smallest absolute Gasteiger partial charge is 0.223 e. The molecule has 2 fully saturated rings. The molecular formula is C11H20N2O. The predicted molar refractivity (Wildman–Crippen MR) is 55.9 cm³/mol. The lowest BCUT2D eigenvalue weighted by Crippen LogP contribution is -2.31. The Kier molecular flexibility index (Phi) is 2.52. The van der Waals surface area contributed by atoms with Crippen LogP contribution in [0.1, 0.15) is 26.7 Å². The molecule has 0 radical (unpaired) electrons. The van der Waals surface area contributed by atoms with Gasteiger partial charge in [0.1, 0.15) is 0 Å². The zero-order chi connectivity index (χ0) is 10.2. The Morgan fingerprint density at radius 1 is 1.64 bits per heavy atom. The number of rotatable bonds is 3. The summed E-state index contributed by atoms with van der Waals surface area (Å²) in [5.41, 5.74) is 0.348. The third-order valence-electron chi connectivity index (χ3n) is 3.47. The van der Waals surface area contributed by atoms with Crippen molar-refractivity contribution in [2.45, 2.75) is 26.7 Å². The highest BCUT2D eigenvalue weighted by Gasteiger charge is 2.58. The molecule has 1 aliphatic carbocycles. The molecule has 80 valence electrons. The first-order chi connectivity index (χ1) is 6.64. The van der Waals surface area contributed by atoms with Crippen LogP contribution in [0.15, 0.2) is 0 Å². The van der Waals surface area contributed by atoms with Crippen LogP contribution < -0.4 is 10.6 Å². The number of hydrogen-bond donors (Lipinski definition) is 2. The molecule has 1 heterocycles. The summed E-state index contributed by atoms with van der Waals surface area (Å²) < 4.78 is 0. The highest BCUT2D eigenvalue weighted by molar-refractivity contribution is 5.82. The van der Waals surface area contributed by atoms with Crippen molar-refractivity contribution in [1.82, 2.24) is 10.6 Å². The molecule has 0 aromatic heterocycles. The molecule has 2 atom stereocenters. The Balaban J connectivity index is 1.78. The van der Waals surface area contributed by atoms with E-state index in [1.165, 1.54) is 6.42 Å². The lowest BCUT2D eigenvalue weighted by molar-refractivity contribution is -0.123. The second-order valence-corrected chi connectivity index (χ2v) is 5.18. The zero-order valence-corrected chi connectivity index (χ0v) is 9.10. The minimum atomic E-state index is 0.280. The average Bonchev–Trinajstić information content (AvgIpc) is 2.61. The van der Waals surface area contributed by atoms with Crippen LogP contribution in [0.5, 0.6) is 0 Å². The minimum Gasteiger partial charge on any atom is -0.356 e. The summed E-state index contributed by atoms with van der Waals surface area (Å²) >= 11 is 0. The number of carbonyl (C=O) groups is 1. The molecule has 2 rings (SSSR count). The fourth-order valence-corrected chi connectivity index (χ4v) is 2.38. The Hall–Kier alpha value is -0.570. The Labute approximate surface area is 85.6 Å². The van der Waals surface area contributed by atoms with Gasteiger partial charge in [0.15, 0.2) is 0 Å². The van der Waals surface area contributed by atoms with Gasteiger partial charge in [-0.2, -0.15) is 0 Å². The number of carbonyl (C=O) groups excluding carboxylic acids is 1. The summed E-state index contributed by atoms with van der Waals surface area (Å²) in [6.45, 7) is 7.21. The SMILES string of the molecule is CC(C)CNC(=O)C1CC12CCNC2. The van der Waals surface area contributed by atoms with E-state index in [4.69, 9.17) is 0 Å². The maximum atomic E-state index is 11.7. The molecule has 2 aliphatic rings. The molecule has 1 saturated carbocycles. The summed E-state index contributed by atoms with van der Waals surface area (Å²) in [6.07, 6.45) is 2.29. The van der Waals surface area contributed by atoms with Crippen molar-refractivity contribution in [2.75, 3.05) is 19.6 Å². The molecule has 3 heteroatoms. The van der Waals surface area contributed by atoms with Crippen LogP contribution in [0.2, 0.25) is 0 Å². The van der Waals surface area contributed by atoms with Gasteiger partial charge in [-0.3, -0.25) is 4.79 Å². The lowest BCUT2D eigenvalue weighted by atomic mass is 10.0. The largest absolute Gasteiger partial charge is 0.356 e. The van der Waals surface area contributed by atoms with Gasteiger partial charge in [0, 0.05) is 19.0 Å². The molecule has 1 saturated heterocycles. The standard InChI is InChI=1S/C11H20N2O/c1-8(2)6-13-10(14)9-5-11(9)3-4-12-7-11/h8-9,12H,3-7H2,1-2H3,(H,13,14). The molecule has 3 nitrogen and oxygen atoms in total. The van der Waals surface area contributed by atoms with E-state index in [1.54, 1.807) is 0 Å². The van der Waals surface area contributed by atoms with E-state index in [1.807, 2.05) is 0 Å². The van der Waals surface area contributed by atoms with Crippen molar-refractivity contribution >= 4 is 5.91 Å². The first-order valence-corrected chi connectivity index (χ1v) is 5.62. The summed E-state index contributed by atoms with van der Waals surface area (Å²) in [6, 6.07) is 0. The zero-order valence-electron chi connectivity index (χ0n) is 9.10. The van der Waals surface area contributed by atoms with Crippen LogP contribution in [0, 0.1) is 17.3 Å². The van der Waals surface area contributed by atoms with Crippen LogP contribution in [0.25, 0.3) is 0 Å². The molecule has 14 heavy (non-hydrogen) atoms. The minimum absolute atomic E-state index is 0.280. The van der Waals surface area contributed by atoms with Gasteiger partial charge in [0.2, 0.25) is 5.91 Å². The van der Waals surface area contributed by atoms with E-state index in [2.05, 4.69) is 24.5 Å². The van der Waals surface area contributed by atoms with Crippen LogP contribution in [-0.2, 0) is 4.79 Å². The topological polar surface area (TPSA) is 41.1 Å². The van der Waals surface area contributed by atoms with Crippen LogP contribution in [-0.4, -0.2) is 25.5 Å². The molecule has 1 spiro atoms. The fraction of sp³-hybridized carbons (Fsp3) is 0.909. The van der Waals surface area contributed by atoms with Gasteiger partial charge < -0.3 is 10.6 Å². The monoisotopic (exact) mass is 196 g/mol. The van der Waals surface area contributed by atoms with Crippen molar-refractivity contribution in [2.24, 2.45) is 17.3 Å². The summed E-state index contributed by atoms with van der Waals surface area (Å²) in [4.78, 5) is 11.7. The Morgan fingerprint density at radius 2 is 2.43 bits per heavy atom. The maximum absolute atomic E-state index is 11.7. The van der Waals surface area contributed by atoms with Gasteiger partial charge in [-0.05, 0) is 30.7 Å². The second kappa shape index (κ2) is 3.54. The maximum Gasteiger partial charge on any atom is 0.223 e. The number of amides is 1. The summed E-state index contributed by atoms with van der Waals surface area (Å²) in [5, 5.41) is 6.37. The molecule has 2 N–H and O–H groups in total. The molecule has 0 aromatic rings.